The molecule has 3 amide bonds. The first-order valence-electron chi connectivity index (χ1n) is 8.64. The van der Waals surface area contributed by atoms with E-state index in [0.717, 1.165) is 0 Å². The van der Waals surface area contributed by atoms with Gasteiger partial charge in [-0.3, -0.25) is 9.59 Å². The lowest BCUT2D eigenvalue weighted by atomic mass is 10.2. The zero-order chi connectivity index (χ0) is 19.6. The fraction of sp³-hybridized carbons (Fsp3) is 0.500. The molecule has 1 aliphatic heterocycles. The van der Waals surface area contributed by atoms with Crippen molar-refractivity contribution in [2.24, 2.45) is 0 Å². The van der Waals surface area contributed by atoms with E-state index in [1.54, 1.807) is 0 Å². The summed E-state index contributed by atoms with van der Waals surface area (Å²) in [4.78, 5) is 37.6. The number of nitrogens with one attached hydrogen (secondary N) is 2. The normalized spacial score (nSPS) is 18.7. The van der Waals surface area contributed by atoms with Gasteiger partial charge in [0.25, 0.3) is 0 Å². The first-order chi connectivity index (χ1) is 13.0. The molecule has 27 heavy (non-hydrogen) atoms. The number of carbonyl (C=O) groups is 3. The lowest BCUT2D eigenvalue weighted by molar-refractivity contribution is -0.139. The summed E-state index contributed by atoms with van der Waals surface area (Å²) in [5, 5.41) is 5.20. The number of carbonyl (C=O) groups excluding carboxylic acids is 3. The van der Waals surface area contributed by atoms with Crippen LogP contribution < -0.4 is 15.4 Å². The third-order valence-corrected chi connectivity index (χ3v) is 4.09. The minimum Gasteiger partial charge on any atom is -0.488 e. The van der Waals surface area contributed by atoms with Crippen molar-refractivity contribution in [2.45, 2.75) is 18.6 Å². The largest absolute Gasteiger partial charge is 0.488 e. The van der Waals surface area contributed by atoms with Gasteiger partial charge < -0.3 is 29.7 Å². The fourth-order valence-corrected chi connectivity index (χ4v) is 2.76. The van der Waals surface area contributed by atoms with Gasteiger partial charge in [0.05, 0.1) is 20.3 Å². The van der Waals surface area contributed by atoms with Crippen LogP contribution in [-0.2, 0) is 19.1 Å². The molecular weight excluding hydrogens is 354 g/mol. The highest BCUT2D eigenvalue weighted by molar-refractivity contribution is 5.89. The van der Waals surface area contributed by atoms with Gasteiger partial charge in [-0.1, -0.05) is 18.2 Å². The van der Waals surface area contributed by atoms with E-state index in [2.05, 4.69) is 15.4 Å². The summed E-state index contributed by atoms with van der Waals surface area (Å²) in [7, 11) is 2.78. The third kappa shape index (κ3) is 6.14. The Morgan fingerprint density at radius 3 is 2.56 bits per heavy atom. The van der Waals surface area contributed by atoms with E-state index in [9.17, 15) is 14.4 Å². The Labute approximate surface area is 157 Å². The van der Waals surface area contributed by atoms with Crippen LogP contribution in [0, 0.1) is 0 Å². The second-order valence-corrected chi connectivity index (χ2v) is 5.98. The van der Waals surface area contributed by atoms with E-state index in [-0.39, 0.29) is 25.1 Å². The van der Waals surface area contributed by atoms with Gasteiger partial charge in [-0.05, 0) is 12.1 Å². The van der Waals surface area contributed by atoms with Crippen molar-refractivity contribution in [3.8, 4) is 5.75 Å². The number of rotatable bonds is 8. The average molecular weight is 379 g/mol. The fourth-order valence-electron chi connectivity index (χ4n) is 2.76. The molecule has 9 heteroatoms. The second-order valence-electron chi connectivity index (χ2n) is 5.98. The molecule has 0 aliphatic carbocycles. The zero-order valence-electron chi connectivity index (χ0n) is 15.5. The van der Waals surface area contributed by atoms with Crippen molar-refractivity contribution in [1.82, 2.24) is 15.5 Å². The van der Waals surface area contributed by atoms with Crippen molar-refractivity contribution in [3.63, 3.8) is 0 Å². The van der Waals surface area contributed by atoms with Crippen molar-refractivity contribution in [1.29, 1.82) is 0 Å². The monoisotopic (exact) mass is 379 g/mol. The maximum atomic E-state index is 12.5. The highest BCUT2D eigenvalue weighted by Crippen LogP contribution is 2.23. The number of para-hydroxylation sites is 1. The van der Waals surface area contributed by atoms with Crippen molar-refractivity contribution >= 4 is 17.9 Å². The SMILES string of the molecule is COCCNC(=O)[C@@H]1C[C@H](Oc2ccccc2)CN1C(=O)NCC(=O)OC. The molecule has 2 rings (SSSR count). The molecule has 2 N–H and O–H groups in total. The Balaban J connectivity index is 2.02. The van der Waals surface area contributed by atoms with Gasteiger partial charge >= 0.3 is 12.0 Å². The molecule has 1 saturated heterocycles. The van der Waals surface area contributed by atoms with E-state index in [1.165, 1.54) is 19.1 Å². The summed E-state index contributed by atoms with van der Waals surface area (Å²) >= 11 is 0. The molecule has 1 aromatic carbocycles. The summed E-state index contributed by atoms with van der Waals surface area (Å²) in [6.45, 7) is 0.670. The first-order valence-corrected chi connectivity index (χ1v) is 8.64. The van der Waals surface area contributed by atoms with Gasteiger partial charge in [-0.25, -0.2) is 4.79 Å². The number of hydrogen-bond acceptors (Lipinski definition) is 6. The standard InChI is InChI=1S/C18H25N3O6/c1-25-9-8-19-17(23)15-10-14(27-13-6-4-3-5-7-13)12-21(15)18(24)20-11-16(22)26-2/h3-7,14-15H,8-12H2,1-2H3,(H,19,23)(H,20,24)/t14-,15-/m0/s1. The highest BCUT2D eigenvalue weighted by atomic mass is 16.5. The molecule has 0 unspecified atom stereocenters. The van der Waals surface area contributed by atoms with Gasteiger partial charge in [-0.2, -0.15) is 0 Å². The van der Waals surface area contributed by atoms with Crippen LogP contribution in [0.15, 0.2) is 30.3 Å². The van der Waals surface area contributed by atoms with E-state index < -0.39 is 18.0 Å². The molecule has 0 bridgehead atoms. The van der Waals surface area contributed by atoms with E-state index in [1.807, 2.05) is 30.3 Å². The first kappa shape index (κ1) is 20.5. The number of amides is 3. The average Bonchev–Trinajstić information content (AvgIpc) is 3.10. The summed E-state index contributed by atoms with van der Waals surface area (Å²) in [5.41, 5.74) is 0. The maximum absolute atomic E-state index is 12.5. The van der Waals surface area contributed by atoms with Crippen molar-refractivity contribution < 1.29 is 28.6 Å². The summed E-state index contributed by atoms with van der Waals surface area (Å²) < 4.78 is 15.3. The van der Waals surface area contributed by atoms with E-state index in [0.29, 0.717) is 25.3 Å². The molecule has 1 aromatic rings. The molecule has 9 nitrogen and oxygen atoms in total. The minimum absolute atomic E-state index is 0.226. The van der Waals surface area contributed by atoms with Gasteiger partial charge in [0.1, 0.15) is 24.4 Å². The van der Waals surface area contributed by atoms with Crippen molar-refractivity contribution in [2.75, 3.05) is 40.5 Å². The second kappa shape index (κ2) is 10.4. The van der Waals surface area contributed by atoms with Gasteiger partial charge in [0.15, 0.2) is 0 Å². The molecule has 1 heterocycles. The number of esters is 1. The lowest BCUT2D eigenvalue weighted by Gasteiger charge is -2.23. The van der Waals surface area contributed by atoms with Crippen LogP contribution in [0.25, 0.3) is 0 Å². The highest BCUT2D eigenvalue weighted by Gasteiger charge is 2.40. The summed E-state index contributed by atoms with van der Waals surface area (Å²) in [5.74, 6) is -0.196. The Kier molecular flexibility index (Phi) is 7.87. The molecule has 1 fully saturated rings. The number of urea groups is 1. The number of hydrogen-bond donors (Lipinski definition) is 2. The van der Waals surface area contributed by atoms with Gasteiger partial charge in [-0.15, -0.1) is 0 Å². The Morgan fingerprint density at radius 2 is 1.89 bits per heavy atom. The molecule has 0 saturated carbocycles. The number of nitrogens with zero attached hydrogens (tertiary/aromatic N) is 1. The maximum Gasteiger partial charge on any atom is 0.325 e. The van der Waals surface area contributed by atoms with E-state index >= 15 is 0 Å². The minimum atomic E-state index is -0.701. The molecule has 0 radical (unpaired) electrons. The number of likely N-dealkylation sites (tertiary alicyclic amines) is 1. The quantitative estimate of drug-likeness (QED) is 0.492. The Morgan fingerprint density at radius 1 is 1.15 bits per heavy atom. The Hall–Kier alpha value is -2.81. The lowest BCUT2D eigenvalue weighted by Crippen LogP contribution is -2.50. The van der Waals surface area contributed by atoms with Crippen LogP contribution in [0.1, 0.15) is 6.42 Å². The summed E-state index contributed by atoms with van der Waals surface area (Å²) in [6, 6.07) is 7.97. The van der Waals surface area contributed by atoms with Crippen molar-refractivity contribution in [3.05, 3.63) is 30.3 Å². The zero-order valence-corrected chi connectivity index (χ0v) is 15.5. The predicted molar refractivity (Wildman–Crippen MR) is 96.3 cm³/mol. The third-order valence-electron chi connectivity index (χ3n) is 4.09. The molecule has 0 spiro atoms. The van der Waals surface area contributed by atoms with Crippen LogP contribution in [0.5, 0.6) is 5.75 Å². The smallest absolute Gasteiger partial charge is 0.325 e. The van der Waals surface area contributed by atoms with E-state index in [4.69, 9.17) is 9.47 Å². The number of methoxy groups -OCH3 is 2. The van der Waals surface area contributed by atoms with Crippen LogP contribution in [0.2, 0.25) is 0 Å². The molecule has 1 aliphatic rings. The van der Waals surface area contributed by atoms with Gasteiger partial charge in [0.2, 0.25) is 5.91 Å². The van der Waals surface area contributed by atoms with Gasteiger partial charge in [0, 0.05) is 20.1 Å². The predicted octanol–water partition coefficient (Wildman–Crippen LogP) is 0.154. The van der Waals surface area contributed by atoms with Crippen LogP contribution in [0.3, 0.4) is 0 Å². The number of benzene rings is 1. The topological polar surface area (TPSA) is 106 Å². The van der Waals surface area contributed by atoms with Crippen LogP contribution in [-0.4, -0.2) is 75.4 Å². The number of ether oxygens (including phenoxy) is 3. The molecule has 0 aromatic heterocycles. The molecule has 2 atom stereocenters. The Bertz CT molecular complexity index is 639. The molecular formula is C18H25N3O6. The summed E-state index contributed by atoms with van der Waals surface area (Å²) in [6.07, 6.45) is 0.00811. The van der Waals surface area contributed by atoms with Crippen LogP contribution in [0.4, 0.5) is 4.79 Å². The van der Waals surface area contributed by atoms with Crippen LogP contribution >= 0.6 is 0 Å². The molecule has 148 valence electrons.